The molecule has 0 aliphatic rings. The van der Waals surface area contributed by atoms with Crippen LogP contribution in [0.25, 0.3) is 11.3 Å². The molecule has 0 saturated carbocycles. The van der Waals surface area contributed by atoms with Crippen molar-refractivity contribution >= 4 is 5.91 Å². The van der Waals surface area contributed by atoms with E-state index in [4.69, 9.17) is 0 Å². The molecule has 2 rings (SSSR count). The molecule has 20 heavy (non-hydrogen) atoms. The summed E-state index contributed by atoms with van der Waals surface area (Å²) in [5, 5.41) is 13.0. The Morgan fingerprint density at radius 3 is 2.75 bits per heavy atom. The van der Waals surface area contributed by atoms with Crippen molar-refractivity contribution in [2.24, 2.45) is 0 Å². The highest BCUT2D eigenvalue weighted by molar-refractivity contribution is 5.99. The summed E-state index contributed by atoms with van der Waals surface area (Å²) < 4.78 is 0. The Balaban J connectivity index is 1.96. The second-order valence-electron chi connectivity index (χ2n) is 4.53. The van der Waals surface area contributed by atoms with Gasteiger partial charge in [0.2, 0.25) is 0 Å². The zero-order chi connectivity index (χ0) is 14.2. The predicted molar refractivity (Wildman–Crippen MR) is 79.5 cm³/mol. The number of aromatic amines is 1. The summed E-state index contributed by atoms with van der Waals surface area (Å²) in [4.78, 5) is 12.1. The van der Waals surface area contributed by atoms with Crippen molar-refractivity contribution in [1.82, 2.24) is 20.8 Å². The molecule has 0 atom stereocenters. The van der Waals surface area contributed by atoms with Crippen LogP contribution in [-0.2, 0) is 0 Å². The lowest BCUT2D eigenvalue weighted by Gasteiger charge is -2.06. The fourth-order valence-electron chi connectivity index (χ4n) is 1.94. The van der Waals surface area contributed by atoms with E-state index in [1.165, 1.54) is 0 Å². The molecule has 0 unspecified atom stereocenters. The van der Waals surface area contributed by atoms with Crippen LogP contribution in [0.4, 0.5) is 0 Å². The smallest absolute Gasteiger partial charge is 0.255 e. The van der Waals surface area contributed by atoms with Gasteiger partial charge in [-0.15, -0.1) is 0 Å². The van der Waals surface area contributed by atoms with E-state index in [0.29, 0.717) is 12.1 Å². The molecule has 1 amide bonds. The number of H-pyrrole nitrogens is 1. The SMILES string of the molecule is CCCNCCNC(=O)c1cn[nH]c1-c1ccccc1. The second kappa shape index (κ2) is 7.45. The Morgan fingerprint density at radius 2 is 2.00 bits per heavy atom. The summed E-state index contributed by atoms with van der Waals surface area (Å²) in [7, 11) is 0. The number of benzene rings is 1. The predicted octanol–water partition coefficient (Wildman–Crippen LogP) is 1.81. The minimum atomic E-state index is -0.101. The highest BCUT2D eigenvalue weighted by atomic mass is 16.1. The number of hydrogen-bond donors (Lipinski definition) is 3. The molecule has 3 N–H and O–H groups in total. The van der Waals surface area contributed by atoms with E-state index in [9.17, 15) is 4.79 Å². The third-order valence-corrected chi connectivity index (χ3v) is 2.96. The van der Waals surface area contributed by atoms with Gasteiger partial charge in [-0.1, -0.05) is 37.3 Å². The summed E-state index contributed by atoms with van der Waals surface area (Å²) in [6.45, 7) is 4.47. The van der Waals surface area contributed by atoms with Crippen molar-refractivity contribution < 1.29 is 4.79 Å². The minimum Gasteiger partial charge on any atom is -0.351 e. The molecule has 1 aromatic carbocycles. The number of amides is 1. The van der Waals surface area contributed by atoms with E-state index in [0.717, 1.165) is 30.8 Å². The van der Waals surface area contributed by atoms with Crippen LogP contribution in [0.15, 0.2) is 36.5 Å². The molecule has 1 heterocycles. The first-order valence-electron chi connectivity index (χ1n) is 6.90. The first-order chi connectivity index (χ1) is 9.83. The van der Waals surface area contributed by atoms with E-state index in [1.54, 1.807) is 6.20 Å². The van der Waals surface area contributed by atoms with Gasteiger partial charge in [-0.3, -0.25) is 9.89 Å². The average molecular weight is 272 g/mol. The summed E-state index contributed by atoms with van der Waals surface area (Å²) in [6.07, 6.45) is 2.66. The molecule has 0 aliphatic heterocycles. The fraction of sp³-hybridized carbons (Fsp3) is 0.333. The Hall–Kier alpha value is -2.14. The van der Waals surface area contributed by atoms with Crippen LogP contribution in [0.2, 0.25) is 0 Å². The monoisotopic (exact) mass is 272 g/mol. The topological polar surface area (TPSA) is 69.8 Å². The zero-order valence-corrected chi connectivity index (χ0v) is 11.6. The molecule has 0 saturated heterocycles. The number of aromatic nitrogens is 2. The number of nitrogens with one attached hydrogen (secondary N) is 3. The van der Waals surface area contributed by atoms with Crippen LogP contribution < -0.4 is 10.6 Å². The zero-order valence-electron chi connectivity index (χ0n) is 11.6. The first-order valence-corrected chi connectivity index (χ1v) is 6.90. The molecule has 0 radical (unpaired) electrons. The average Bonchev–Trinajstić information content (AvgIpc) is 2.97. The Kier molecular flexibility index (Phi) is 5.32. The summed E-state index contributed by atoms with van der Waals surface area (Å²) >= 11 is 0. The standard InChI is InChI=1S/C15H20N4O/c1-2-8-16-9-10-17-15(20)13-11-18-19-14(13)12-6-4-3-5-7-12/h3-7,11,16H,2,8-10H2,1H3,(H,17,20)(H,18,19). The quantitative estimate of drug-likeness (QED) is 0.673. The summed E-state index contributed by atoms with van der Waals surface area (Å²) in [5.74, 6) is -0.101. The molecule has 0 fully saturated rings. The summed E-state index contributed by atoms with van der Waals surface area (Å²) in [5.41, 5.74) is 2.29. The number of hydrogen-bond acceptors (Lipinski definition) is 3. The molecule has 5 nitrogen and oxygen atoms in total. The van der Waals surface area contributed by atoms with Crippen molar-refractivity contribution in [3.63, 3.8) is 0 Å². The van der Waals surface area contributed by atoms with Crippen molar-refractivity contribution in [1.29, 1.82) is 0 Å². The maximum Gasteiger partial charge on any atom is 0.255 e. The van der Waals surface area contributed by atoms with E-state index < -0.39 is 0 Å². The van der Waals surface area contributed by atoms with Gasteiger partial charge in [0, 0.05) is 18.7 Å². The molecule has 2 aromatic rings. The van der Waals surface area contributed by atoms with Crippen molar-refractivity contribution in [3.05, 3.63) is 42.1 Å². The van der Waals surface area contributed by atoms with E-state index >= 15 is 0 Å². The van der Waals surface area contributed by atoms with E-state index in [2.05, 4.69) is 27.8 Å². The van der Waals surface area contributed by atoms with E-state index in [-0.39, 0.29) is 5.91 Å². The van der Waals surface area contributed by atoms with Gasteiger partial charge < -0.3 is 10.6 Å². The van der Waals surface area contributed by atoms with Gasteiger partial charge in [0.25, 0.3) is 5.91 Å². The number of rotatable bonds is 7. The molecule has 0 bridgehead atoms. The molecule has 1 aromatic heterocycles. The van der Waals surface area contributed by atoms with Crippen LogP contribution in [0, 0.1) is 0 Å². The van der Waals surface area contributed by atoms with Crippen LogP contribution in [-0.4, -0.2) is 35.7 Å². The van der Waals surface area contributed by atoms with Crippen LogP contribution >= 0.6 is 0 Å². The van der Waals surface area contributed by atoms with Gasteiger partial charge in [-0.05, 0) is 13.0 Å². The van der Waals surface area contributed by atoms with Gasteiger partial charge in [-0.2, -0.15) is 5.10 Å². The van der Waals surface area contributed by atoms with Gasteiger partial charge in [-0.25, -0.2) is 0 Å². The maximum atomic E-state index is 12.1. The van der Waals surface area contributed by atoms with Gasteiger partial charge >= 0.3 is 0 Å². The highest BCUT2D eigenvalue weighted by Gasteiger charge is 2.14. The number of nitrogens with zero attached hydrogens (tertiary/aromatic N) is 1. The highest BCUT2D eigenvalue weighted by Crippen LogP contribution is 2.20. The normalized spacial score (nSPS) is 10.4. The molecule has 0 aliphatic carbocycles. The largest absolute Gasteiger partial charge is 0.351 e. The van der Waals surface area contributed by atoms with Crippen LogP contribution in [0.5, 0.6) is 0 Å². The van der Waals surface area contributed by atoms with Gasteiger partial charge in [0.05, 0.1) is 17.5 Å². The van der Waals surface area contributed by atoms with Crippen LogP contribution in [0.3, 0.4) is 0 Å². The van der Waals surface area contributed by atoms with Gasteiger partial charge in [0.15, 0.2) is 0 Å². The lowest BCUT2D eigenvalue weighted by molar-refractivity contribution is 0.0954. The Bertz CT molecular complexity index is 536. The van der Waals surface area contributed by atoms with Crippen molar-refractivity contribution in [3.8, 4) is 11.3 Å². The number of carbonyl (C=O) groups is 1. The maximum absolute atomic E-state index is 12.1. The third-order valence-electron chi connectivity index (χ3n) is 2.96. The van der Waals surface area contributed by atoms with Gasteiger partial charge in [0.1, 0.15) is 0 Å². The molecule has 5 heteroatoms. The van der Waals surface area contributed by atoms with Crippen LogP contribution in [0.1, 0.15) is 23.7 Å². The van der Waals surface area contributed by atoms with Crippen molar-refractivity contribution in [2.75, 3.05) is 19.6 Å². The summed E-state index contributed by atoms with van der Waals surface area (Å²) in [6, 6.07) is 9.72. The molecule has 106 valence electrons. The second-order valence-corrected chi connectivity index (χ2v) is 4.53. The molecular formula is C15H20N4O. The first kappa shape index (κ1) is 14.3. The fourth-order valence-corrected chi connectivity index (χ4v) is 1.94. The lowest BCUT2D eigenvalue weighted by atomic mass is 10.1. The molecule has 0 spiro atoms. The molecular weight excluding hydrogens is 252 g/mol. The van der Waals surface area contributed by atoms with E-state index in [1.807, 2.05) is 30.3 Å². The Labute approximate surface area is 118 Å². The minimum absolute atomic E-state index is 0.101. The third kappa shape index (κ3) is 3.68. The Morgan fingerprint density at radius 1 is 1.20 bits per heavy atom. The lowest BCUT2D eigenvalue weighted by Crippen LogP contribution is -2.32. The number of carbonyl (C=O) groups excluding carboxylic acids is 1. The van der Waals surface area contributed by atoms with Crippen molar-refractivity contribution in [2.45, 2.75) is 13.3 Å².